The summed E-state index contributed by atoms with van der Waals surface area (Å²) in [4.78, 5) is 22.2. The SMILES string of the molecule is CCCC1CC1NC(=O)NCc1ccc(C(=O)O)o1. The lowest BCUT2D eigenvalue weighted by Crippen LogP contribution is -2.37. The van der Waals surface area contributed by atoms with Crippen LogP contribution in [-0.4, -0.2) is 23.1 Å². The van der Waals surface area contributed by atoms with Gasteiger partial charge in [-0.05, 0) is 30.9 Å². The molecule has 0 bridgehead atoms. The number of carbonyl (C=O) groups is 2. The summed E-state index contributed by atoms with van der Waals surface area (Å²) in [6.45, 7) is 2.32. The van der Waals surface area contributed by atoms with Crippen molar-refractivity contribution in [3.8, 4) is 0 Å². The summed E-state index contributed by atoms with van der Waals surface area (Å²) in [7, 11) is 0. The molecule has 6 nitrogen and oxygen atoms in total. The number of furan rings is 1. The van der Waals surface area contributed by atoms with Gasteiger partial charge in [-0.1, -0.05) is 13.3 Å². The van der Waals surface area contributed by atoms with Crippen molar-refractivity contribution >= 4 is 12.0 Å². The molecule has 2 rings (SSSR count). The van der Waals surface area contributed by atoms with Crippen LogP contribution in [0.3, 0.4) is 0 Å². The number of aromatic carboxylic acids is 1. The van der Waals surface area contributed by atoms with Crippen molar-refractivity contribution in [1.29, 1.82) is 0 Å². The molecule has 2 atom stereocenters. The number of nitrogens with one attached hydrogen (secondary N) is 2. The first kappa shape index (κ1) is 13.5. The summed E-state index contributed by atoms with van der Waals surface area (Å²) in [5.74, 6) is -0.204. The molecule has 6 heteroatoms. The molecule has 1 aromatic rings. The number of carboxylic acid groups (broad SMARTS) is 1. The average Bonchev–Trinajstić information content (AvgIpc) is 2.92. The highest BCUT2D eigenvalue weighted by atomic mass is 16.4. The summed E-state index contributed by atoms with van der Waals surface area (Å²) in [5.41, 5.74) is 0. The molecule has 1 aliphatic rings. The summed E-state index contributed by atoms with van der Waals surface area (Å²) in [6.07, 6.45) is 3.32. The zero-order chi connectivity index (χ0) is 13.8. The quantitative estimate of drug-likeness (QED) is 0.734. The molecule has 0 aliphatic heterocycles. The standard InChI is InChI=1S/C13H18N2O4/c1-2-3-8-6-10(8)15-13(18)14-7-9-4-5-11(19-9)12(16)17/h4-5,8,10H,2-3,6-7H2,1H3,(H,16,17)(H2,14,15,18). The maximum absolute atomic E-state index is 11.6. The van der Waals surface area contributed by atoms with Crippen molar-refractivity contribution in [3.63, 3.8) is 0 Å². The first-order valence-electron chi connectivity index (χ1n) is 6.46. The number of carboxylic acids is 1. The largest absolute Gasteiger partial charge is 0.475 e. The molecule has 19 heavy (non-hydrogen) atoms. The number of rotatable bonds is 6. The van der Waals surface area contributed by atoms with E-state index in [-0.39, 0.29) is 24.4 Å². The topological polar surface area (TPSA) is 91.6 Å². The van der Waals surface area contributed by atoms with E-state index in [4.69, 9.17) is 9.52 Å². The number of carbonyl (C=O) groups excluding carboxylic acids is 1. The Bertz CT molecular complexity index is 469. The van der Waals surface area contributed by atoms with Gasteiger partial charge >= 0.3 is 12.0 Å². The van der Waals surface area contributed by atoms with Gasteiger partial charge in [0.25, 0.3) is 0 Å². The second-order valence-electron chi connectivity index (χ2n) is 4.79. The minimum absolute atomic E-state index is 0.123. The molecule has 3 N–H and O–H groups in total. The van der Waals surface area contributed by atoms with Gasteiger partial charge in [0.2, 0.25) is 5.76 Å². The Morgan fingerprint density at radius 3 is 2.89 bits per heavy atom. The Morgan fingerprint density at radius 1 is 1.47 bits per heavy atom. The lowest BCUT2D eigenvalue weighted by molar-refractivity contribution is 0.0660. The summed E-state index contributed by atoms with van der Waals surface area (Å²) in [6, 6.07) is 2.96. The highest BCUT2D eigenvalue weighted by molar-refractivity contribution is 5.84. The zero-order valence-corrected chi connectivity index (χ0v) is 10.8. The zero-order valence-electron chi connectivity index (χ0n) is 10.8. The van der Waals surface area contributed by atoms with Crippen LogP contribution in [-0.2, 0) is 6.54 Å². The first-order chi connectivity index (χ1) is 9.10. The van der Waals surface area contributed by atoms with Crippen LogP contribution in [0.2, 0.25) is 0 Å². The van der Waals surface area contributed by atoms with Gasteiger partial charge in [0, 0.05) is 6.04 Å². The van der Waals surface area contributed by atoms with E-state index in [1.165, 1.54) is 6.07 Å². The maximum Gasteiger partial charge on any atom is 0.371 e. The first-order valence-corrected chi connectivity index (χ1v) is 6.46. The van der Waals surface area contributed by atoms with E-state index in [1.807, 2.05) is 0 Å². The Morgan fingerprint density at radius 2 is 2.26 bits per heavy atom. The van der Waals surface area contributed by atoms with Crippen LogP contribution in [0.25, 0.3) is 0 Å². The lowest BCUT2D eigenvalue weighted by Gasteiger charge is -2.05. The third-order valence-electron chi connectivity index (χ3n) is 3.19. The fourth-order valence-electron chi connectivity index (χ4n) is 2.09. The smallest absolute Gasteiger partial charge is 0.371 e. The van der Waals surface area contributed by atoms with E-state index in [2.05, 4.69) is 17.6 Å². The van der Waals surface area contributed by atoms with Crippen molar-refractivity contribution in [3.05, 3.63) is 23.7 Å². The van der Waals surface area contributed by atoms with Crippen LogP contribution in [0, 0.1) is 5.92 Å². The predicted octanol–water partition coefficient (Wildman–Crippen LogP) is 1.97. The molecule has 0 aromatic carbocycles. The molecule has 2 unspecified atom stereocenters. The van der Waals surface area contributed by atoms with Crippen LogP contribution in [0.1, 0.15) is 42.5 Å². The second-order valence-corrected chi connectivity index (χ2v) is 4.79. The fourth-order valence-corrected chi connectivity index (χ4v) is 2.09. The van der Waals surface area contributed by atoms with E-state index >= 15 is 0 Å². The van der Waals surface area contributed by atoms with Crippen LogP contribution in [0.4, 0.5) is 4.79 Å². The van der Waals surface area contributed by atoms with Gasteiger partial charge in [-0.15, -0.1) is 0 Å². The summed E-state index contributed by atoms with van der Waals surface area (Å²) in [5, 5.41) is 14.2. The molecule has 0 saturated heterocycles. The Hall–Kier alpha value is -1.98. The van der Waals surface area contributed by atoms with Gasteiger partial charge in [0.15, 0.2) is 0 Å². The maximum atomic E-state index is 11.6. The van der Waals surface area contributed by atoms with Crippen molar-refractivity contribution in [1.82, 2.24) is 10.6 Å². The average molecular weight is 266 g/mol. The van der Waals surface area contributed by atoms with Crippen molar-refractivity contribution < 1.29 is 19.1 Å². The second kappa shape index (κ2) is 5.77. The van der Waals surface area contributed by atoms with E-state index < -0.39 is 5.97 Å². The number of hydrogen-bond acceptors (Lipinski definition) is 3. The predicted molar refractivity (Wildman–Crippen MR) is 67.8 cm³/mol. The summed E-state index contributed by atoms with van der Waals surface area (Å²) < 4.78 is 5.03. The Balaban J connectivity index is 1.70. The molecule has 1 saturated carbocycles. The van der Waals surface area contributed by atoms with Crippen LogP contribution >= 0.6 is 0 Å². The van der Waals surface area contributed by atoms with Gasteiger partial charge in [0.1, 0.15) is 5.76 Å². The van der Waals surface area contributed by atoms with Crippen molar-refractivity contribution in [2.75, 3.05) is 0 Å². The molecule has 1 fully saturated rings. The molecule has 104 valence electrons. The van der Waals surface area contributed by atoms with Crippen LogP contribution in [0.5, 0.6) is 0 Å². The minimum atomic E-state index is -1.11. The summed E-state index contributed by atoms with van der Waals surface area (Å²) >= 11 is 0. The van der Waals surface area contributed by atoms with E-state index in [0.717, 1.165) is 19.3 Å². The molecule has 0 radical (unpaired) electrons. The number of urea groups is 1. The van der Waals surface area contributed by atoms with Crippen LogP contribution < -0.4 is 10.6 Å². The molecule has 2 amide bonds. The third-order valence-corrected chi connectivity index (χ3v) is 3.19. The third kappa shape index (κ3) is 3.74. The highest BCUT2D eigenvalue weighted by Gasteiger charge is 2.37. The Kier molecular flexibility index (Phi) is 4.09. The van der Waals surface area contributed by atoms with Crippen LogP contribution in [0.15, 0.2) is 16.5 Å². The van der Waals surface area contributed by atoms with E-state index in [1.54, 1.807) is 6.07 Å². The lowest BCUT2D eigenvalue weighted by atomic mass is 10.2. The number of amides is 2. The molecule has 1 heterocycles. The Labute approximate surface area is 111 Å². The molecular weight excluding hydrogens is 248 g/mol. The van der Waals surface area contributed by atoms with Crippen molar-refractivity contribution in [2.45, 2.75) is 38.8 Å². The van der Waals surface area contributed by atoms with E-state index in [0.29, 0.717) is 11.7 Å². The highest BCUT2D eigenvalue weighted by Crippen LogP contribution is 2.34. The molecule has 1 aliphatic carbocycles. The van der Waals surface area contributed by atoms with Gasteiger partial charge in [-0.25, -0.2) is 9.59 Å². The molecular formula is C13H18N2O4. The number of hydrogen-bond donors (Lipinski definition) is 3. The van der Waals surface area contributed by atoms with Gasteiger partial charge in [0.05, 0.1) is 6.54 Å². The molecule has 0 spiro atoms. The van der Waals surface area contributed by atoms with E-state index in [9.17, 15) is 9.59 Å². The van der Waals surface area contributed by atoms with Gasteiger partial charge in [-0.2, -0.15) is 0 Å². The molecule has 1 aromatic heterocycles. The van der Waals surface area contributed by atoms with Gasteiger partial charge in [-0.3, -0.25) is 0 Å². The minimum Gasteiger partial charge on any atom is -0.475 e. The monoisotopic (exact) mass is 266 g/mol. The van der Waals surface area contributed by atoms with Gasteiger partial charge < -0.3 is 20.2 Å². The fraction of sp³-hybridized carbons (Fsp3) is 0.538. The van der Waals surface area contributed by atoms with Crippen molar-refractivity contribution in [2.24, 2.45) is 5.92 Å². The normalized spacial score (nSPS) is 20.9.